The lowest BCUT2D eigenvalue weighted by molar-refractivity contribution is -0.129. The average Bonchev–Trinajstić information content (AvgIpc) is 2.67. The van der Waals surface area contributed by atoms with Gasteiger partial charge in [0.15, 0.2) is 0 Å². The number of rotatable bonds is 5. The Hall–Kier alpha value is -2.69. The largest absolute Gasteiger partial charge is 0.497 e. The molecule has 1 N–H and O–H groups in total. The lowest BCUT2D eigenvalue weighted by Gasteiger charge is -2.36. The van der Waals surface area contributed by atoms with Crippen LogP contribution in [0.15, 0.2) is 42.5 Å². The van der Waals surface area contributed by atoms with Gasteiger partial charge in [-0.05, 0) is 49.7 Å². The van der Waals surface area contributed by atoms with Gasteiger partial charge in [0.25, 0.3) is 0 Å². The first-order valence-corrected chi connectivity index (χ1v) is 9.05. The van der Waals surface area contributed by atoms with E-state index < -0.39 is 0 Å². The van der Waals surface area contributed by atoms with Crippen molar-refractivity contribution in [2.75, 3.05) is 50.1 Å². The minimum absolute atomic E-state index is 0.152. The molecule has 2 aromatic carbocycles. The van der Waals surface area contributed by atoms with Crippen molar-refractivity contribution in [3.05, 3.63) is 53.6 Å². The van der Waals surface area contributed by atoms with Gasteiger partial charge in [-0.2, -0.15) is 0 Å². The maximum absolute atomic E-state index is 12.5. The number of nitrogens with zero attached hydrogens (tertiary/aromatic N) is 2. The maximum atomic E-state index is 12.5. The van der Waals surface area contributed by atoms with Gasteiger partial charge in [0.2, 0.25) is 5.91 Å². The van der Waals surface area contributed by atoms with Crippen molar-refractivity contribution in [1.29, 1.82) is 0 Å². The third-order valence-corrected chi connectivity index (χ3v) is 4.88. The Kier molecular flexibility index (Phi) is 5.66. The SMILES string of the molecule is COc1ccc(N2CCN(C(=O)CNc3ccc(C)cc3C)CC2)cc1. The second-order valence-corrected chi connectivity index (χ2v) is 6.74. The van der Waals surface area contributed by atoms with E-state index in [4.69, 9.17) is 4.74 Å². The maximum Gasteiger partial charge on any atom is 0.241 e. The molecule has 0 saturated carbocycles. The second-order valence-electron chi connectivity index (χ2n) is 6.74. The third kappa shape index (κ3) is 4.28. The molecule has 0 bridgehead atoms. The number of amides is 1. The number of methoxy groups -OCH3 is 1. The van der Waals surface area contributed by atoms with Crippen molar-refractivity contribution in [1.82, 2.24) is 4.90 Å². The number of ether oxygens (including phenoxy) is 1. The van der Waals surface area contributed by atoms with Gasteiger partial charge < -0.3 is 19.9 Å². The number of piperazine rings is 1. The number of hydrogen-bond acceptors (Lipinski definition) is 4. The lowest BCUT2D eigenvalue weighted by Crippen LogP contribution is -2.50. The first kappa shape index (κ1) is 18.1. The van der Waals surface area contributed by atoms with E-state index in [1.165, 1.54) is 16.8 Å². The molecule has 0 unspecified atom stereocenters. The fraction of sp³-hybridized carbons (Fsp3) is 0.381. The first-order valence-electron chi connectivity index (χ1n) is 9.05. The molecule has 0 aliphatic carbocycles. The van der Waals surface area contributed by atoms with Gasteiger partial charge in [0.1, 0.15) is 5.75 Å². The topological polar surface area (TPSA) is 44.8 Å². The van der Waals surface area contributed by atoms with Crippen molar-refractivity contribution in [2.45, 2.75) is 13.8 Å². The van der Waals surface area contributed by atoms with Crippen LogP contribution in [0.25, 0.3) is 0 Å². The summed E-state index contributed by atoms with van der Waals surface area (Å²) in [7, 11) is 1.67. The minimum atomic E-state index is 0.152. The molecule has 1 aliphatic heterocycles. The summed E-state index contributed by atoms with van der Waals surface area (Å²) in [4.78, 5) is 16.8. The normalized spacial score (nSPS) is 14.3. The summed E-state index contributed by atoms with van der Waals surface area (Å²) < 4.78 is 5.20. The van der Waals surface area contributed by atoms with Gasteiger partial charge in [-0.3, -0.25) is 4.79 Å². The standard InChI is InChI=1S/C21H27N3O2/c1-16-4-9-20(17(2)14-16)22-15-21(25)24-12-10-23(11-13-24)18-5-7-19(26-3)8-6-18/h4-9,14,22H,10-13,15H2,1-3H3. The Morgan fingerprint density at radius 3 is 2.35 bits per heavy atom. The summed E-state index contributed by atoms with van der Waals surface area (Å²) in [5, 5.41) is 3.27. The van der Waals surface area contributed by atoms with Crippen LogP contribution < -0.4 is 15.0 Å². The highest BCUT2D eigenvalue weighted by molar-refractivity contribution is 5.81. The van der Waals surface area contributed by atoms with Gasteiger partial charge in [0, 0.05) is 37.6 Å². The van der Waals surface area contributed by atoms with E-state index in [1.54, 1.807) is 7.11 Å². The molecule has 3 rings (SSSR count). The van der Waals surface area contributed by atoms with E-state index in [0.717, 1.165) is 37.6 Å². The Morgan fingerprint density at radius 2 is 1.73 bits per heavy atom. The predicted octanol–water partition coefficient (Wildman–Crippen LogP) is 3.07. The molecule has 26 heavy (non-hydrogen) atoms. The van der Waals surface area contributed by atoms with Crippen LogP contribution in [-0.4, -0.2) is 50.6 Å². The fourth-order valence-corrected chi connectivity index (χ4v) is 3.30. The zero-order valence-corrected chi connectivity index (χ0v) is 15.8. The van der Waals surface area contributed by atoms with Crippen LogP contribution in [0.5, 0.6) is 5.75 Å². The Morgan fingerprint density at radius 1 is 1.04 bits per heavy atom. The zero-order valence-electron chi connectivity index (χ0n) is 15.8. The van der Waals surface area contributed by atoms with Gasteiger partial charge >= 0.3 is 0 Å². The van der Waals surface area contributed by atoms with E-state index in [1.807, 2.05) is 23.1 Å². The summed E-state index contributed by atoms with van der Waals surface area (Å²) in [5.74, 6) is 1.01. The quantitative estimate of drug-likeness (QED) is 0.897. The molecule has 5 heteroatoms. The predicted molar refractivity (Wildman–Crippen MR) is 106 cm³/mol. The van der Waals surface area contributed by atoms with Crippen LogP contribution >= 0.6 is 0 Å². The molecule has 0 radical (unpaired) electrons. The molecule has 1 saturated heterocycles. The van der Waals surface area contributed by atoms with E-state index in [0.29, 0.717) is 6.54 Å². The number of aryl methyl sites for hydroxylation is 2. The van der Waals surface area contributed by atoms with E-state index in [9.17, 15) is 4.79 Å². The molecule has 1 aliphatic rings. The number of hydrogen-bond donors (Lipinski definition) is 1. The van der Waals surface area contributed by atoms with Crippen LogP contribution in [0.1, 0.15) is 11.1 Å². The smallest absolute Gasteiger partial charge is 0.241 e. The van der Waals surface area contributed by atoms with Crippen LogP contribution in [0.2, 0.25) is 0 Å². The molecule has 1 amide bonds. The highest BCUT2D eigenvalue weighted by Crippen LogP contribution is 2.21. The number of carbonyl (C=O) groups excluding carboxylic acids is 1. The highest BCUT2D eigenvalue weighted by atomic mass is 16.5. The Labute approximate surface area is 155 Å². The monoisotopic (exact) mass is 353 g/mol. The van der Waals surface area contributed by atoms with E-state index in [2.05, 4.69) is 48.3 Å². The number of anilines is 2. The van der Waals surface area contributed by atoms with Gasteiger partial charge in [-0.25, -0.2) is 0 Å². The van der Waals surface area contributed by atoms with Crippen LogP contribution in [0.4, 0.5) is 11.4 Å². The summed E-state index contributed by atoms with van der Waals surface area (Å²) in [6, 6.07) is 14.3. The molecule has 0 spiro atoms. The van der Waals surface area contributed by atoms with Gasteiger partial charge in [0.05, 0.1) is 13.7 Å². The lowest BCUT2D eigenvalue weighted by atomic mass is 10.1. The highest BCUT2D eigenvalue weighted by Gasteiger charge is 2.21. The summed E-state index contributed by atoms with van der Waals surface area (Å²) >= 11 is 0. The summed E-state index contributed by atoms with van der Waals surface area (Å²) in [5.41, 5.74) is 4.60. The van der Waals surface area contributed by atoms with Crippen molar-refractivity contribution < 1.29 is 9.53 Å². The molecule has 138 valence electrons. The molecule has 1 fully saturated rings. The number of carbonyl (C=O) groups is 1. The van der Waals surface area contributed by atoms with E-state index >= 15 is 0 Å². The van der Waals surface area contributed by atoms with Crippen LogP contribution in [0.3, 0.4) is 0 Å². The van der Waals surface area contributed by atoms with Crippen LogP contribution in [-0.2, 0) is 4.79 Å². The van der Waals surface area contributed by atoms with Crippen molar-refractivity contribution >= 4 is 17.3 Å². The van der Waals surface area contributed by atoms with Crippen LogP contribution in [0, 0.1) is 13.8 Å². The average molecular weight is 353 g/mol. The summed E-state index contributed by atoms with van der Waals surface area (Å²) in [6.45, 7) is 7.67. The third-order valence-electron chi connectivity index (χ3n) is 4.88. The van der Waals surface area contributed by atoms with Crippen molar-refractivity contribution in [3.63, 3.8) is 0 Å². The zero-order chi connectivity index (χ0) is 18.5. The molecule has 0 aromatic heterocycles. The molecular formula is C21H27N3O2. The van der Waals surface area contributed by atoms with Gasteiger partial charge in [-0.1, -0.05) is 17.7 Å². The van der Waals surface area contributed by atoms with Crippen molar-refractivity contribution in [3.8, 4) is 5.75 Å². The first-order chi connectivity index (χ1) is 12.6. The van der Waals surface area contributed by atoms with Crippen molar-refractivity contribution in [2.24, 2.45) is 0 Å². The Bertz CT molecular complexity index is 750. The molecule has 0 atom stereocenters. The minimum Gasteiger partial charge on any atom is -0.497 e. The second kappa shape index (κ2) is 8.13. The fourth-order valence-electron chi connectivity index (χ4n) is 3.30. The molecule has 5 nitrogen and oxygen atoms in total. The number of nitrogens with one attached hydrogen (secondary N) is 1. The number of benzene rings is 2. The molecular weight excluding hydrogens is 326 g/mol. The molecule has 2 aromatic rings. The van der Waals surface area contributed by atoms with E-state index in [-0.39, 0.29) is 5.91 Å². The summed E-state index contributed by atoms with van der Waals surface area (Å²) in [6.07, 6.45) is 0. The van der Waals surface area contributed by atoms with Gasteiger partial charge in [-0.15, -0.1) is 0 Å². The molecule has 1 heterocycles. The Balaban J connectivity index is 1.50.